The minimum Gasteiger partial charge on any atom is -0.497 e. The molecule has 0 radical (unpaired) electrons. The van der Waals surface area contributed by atoms with Gasteiger partial charge in [0.05, 0.1) is 7.11 Å². The molecule has 1 saturated heterocycles. The van der Waals surface area contributed by atoms with Gasteiger partial charge in [-0.15, -0.1) is 0 Å². The fraction of sp³-hybridized carbons (Fsp3) is 0.387. The van der Waals surface area contributed by atoms with Gasteiger partial charge in [0.15, 0.2) is 0 Å². The van der Waals surface area contributed by atoms with Crippen molar-refractivity contribution in [1.82, 2.24) is 15.1 Å². The monoisotopic (exact) mass is 485 g/mol. The molecule has 0 spiro atoms. The third-order valence-electron chi connectivity index (χ3n) is 7.34. The van der Waals surface area contributed by atoms with Crippen LogP contribution in [0.5, 0.6) is 5.75 Å². The summed E-state index contributed by atoms with van der Waals surface area (Å²) in [6, 6.07) is 29.8. The molecule has 36 heavy (non-hydrogen) atoms. The van der Waals surface area contributed by atoms with E-state index in [1.165, 1.54) is 11.1 Å². The lowest BCUT2D eigenvalue weighted by Crippen LogP contribution is -2.50. The van der Waals surface area contributed by atoms with Gasteiger partial charge in [-0.2, -0.15) is 0 Å². The van der Waals surface area contributed by atoms with Crippen LogP contribution in [0.25, 0.3) is 0 Å². The molecule has 0 aromatic heterocycles. The van der Waals surface area contributed by atoms with E-state index in [0.717, 1.165) is 56.8 Å². The number of ether oxygens (including phenoxy) is 1. The summed E-state index contributed by atoms with van der Waals surface area (Å²) in [4.78, 5) is 17.5. The highest BCUT2D eigenvalue weighted by Crippen LogP contribution is 2.29. The number of nitrogens with one attached hydrogen (secondary N) is 1. The predicted octanol–water partition coefficient (Wildman–Crippen LogP) is 5.91. The molecule has 0 unspecified atom stereocenters. The van der Waals surface area contributed by atoms with Crippen LogP contribution >= 0.6 is 0 Å². The van der Waals surface area contributed by atoms with E-state index in [4.69, 9.17) is 4.74 Å². The van der Waals surface area contributed by atoms with Gasteiger partial charge in [0, 0.05) is 38.1 Å². The SMILES string of the molecule is CCN(C(=O)NCc1ccc(OC)cc1)C1CCN(CCC(c2ccccc2)c2ccccc2)CC1. The number of methoxy groups -OCH3 is 1. The molecule has 5 heteroatoms. The molecule has 190 valence electrons. The number of rotatable bonds is 10. The van der Waals surface area contributed by atoms with E-state index in [1.807, 2.05) is 29.2 Å². The summed E-state index contributed by atoms with van der Waals surface area (Å²) in [6.45, 7) is 6.45. The molecular formula is C31H39N3O2. The van der Waals surface area contributed by atoms with Gasteiger partial charge in [-0.1, -0.05) is 72.8 Å². The number of likely N-dealkylation sites (tertiary alicyclic amines) is 1. The van der Waals surface area contributed by atoms with Crippen molar-refractivity contribution < 1.29 is 9.53 Å². The Balaban J connectivity index is 1.27. The Kier molecular flexibility index (Phi) is 9.40. The molecule has 1 N–H and O–H groups in total. The van der Waals surface area contributed by atoms with Crippen molar-refractivity contribution in [3.05, 3.63) is 102 Å². The second-order valence-electron chi connectivity index (χ2n) is 9.53. The zero-order chi connectivity index (χ0) is 25.2. The average Bonchev–Trinajstić information content (AvgIpc) is 2.94. The van der Waals surface area contributed by atoms with Gasteiger partial charge in [0.25, 0.3) is 0 Å². The second-order valence-corrected chi connectivity index (χ2v) is 9.53. The van der Waals surface area contributed by atoms with Crippen LogP contribution in [0.2, 0.25) is 0 Å². The van der Waals surface area contributed by atoms with Crippen molar-refractivity contribution >= 4 is 6.03 Å². The molecule has 1 aliphatic rings. The van der Waals surface area contributed by atoms with Crippen molar-refractivity contribution in [2.75, 3.05) is 33.3 Å². The quantitative estimate of drug-likeness (QED) is 0.388. The molecule has 0 aliphatic carbocycles. The van der Waals surface area contributed by atoms with Crippen LogP contribution in [-0.2, 0) is 6.54 Å². The van der Waals surface area contributed by atoms with Gasteiger partial charge >= 0.3 is 6.03 Å². The van der Waals surface area contributed by atoms with Gasteiger partial charge < -0.3 is 19.9 Å². The number of nitrogens with zero attached hydrogens (tertiary/aromatic N) is 2. The Hall–Kier alpha value is -3.31. The molecule has 3 aromatic carbocycles. The van der Waals surface area contributed by atoms with Crippen LogP contribution in [0, 0.1) is 0 Å². The first-order valence-electron chi connectivity index (χ1n) is 13.2. The summed E-state index contributed by atoms with van der Waals surface area (Å²) in [5.74, 6) is 1.23. The van der Waals surface area contributed by atoms with Gasteiger partial charge in [0.1, 0.15) is 5.75 Å². The Morgan fingerprint density at radius 1 is 0.944 bits per heavy atom. The van der Waals surface area contributed by atoms with E-state index in [0.29, 0.717) is 18.5 Å². The largest absolute Gasteiger partial charge is 0.497 e. The Labute approximate surface area is 216 Å². The van der Waals surface area contributed by atoms with Gasteiger partial charge in [-0.05, 0) is 61.6 Å². The molecule has 1 heterocycles. The second kappa shape index (κ2) is 13.1. The number of carbonyl (C=O) groups is 1. The van der Waals surface area contributed by atoms with Crippen LogP contribution in [0.15, 0.2) is 84.9 Å². The molecule has 0 bridgehead atoms. The lowest BCUT2D eigenvalue weighted by atomic mass is 9.88. The molecule has 1 aliphatic heterocycles. The first-order valence-corrected chi connectivity index (χ1v) is 13.2. The summed E-state index contributed by atoms with van der Waals surface area (Å²) in [7, 11) is 1.66. The molecule has 1 fully saturated rings. The van der Waals surface area contributed by atoms with Crippen molar-refractivity contribution in [2.24, 2.45) is 0 Å². The maximum absolute atomic E-state index is 13.0. The van der Waals surface area contributed by atoms with Crippen molar-refractivity contribution in [2.45, 2.75) is 44.7 Å². The third kappa shape index (κ3) is 6.88. The zero-order valence-electron chi connectivity index (χ0n) is 21.6. The average molecular weight is 486 g/mol. The Morgan fingerprint density at radius 3 is 2.06 bits per heavy atom. The fourth-order valence-corrected chi connectivity index (χ4v) is 5.25. The van der Waals surface area contributed by atoms with Gasteiger partial charge in [-0.3, -0.25) is 0 Å². The maximum Gasteiger partial charge on any atom is 0.317 e. The summed E-state index contributed by atoms with van der Waals surface area (Å²) in [6.07, 6.45) is 3.13. The van der Waals surface area contributed by atoms with E-state index in [2.05, 4.69) is 77.8 Å². The van der Waals surface area contributed by atoms with Crippen molar-refractivity contribution in [3.63, 3.8) is 0 Å². The summed E-state index contributed by atoms with van der Waals surface area (Å²) >= 11 is 0. The summed E-state index contributed by atoms with van der Waals surface area (Å²) in [5, 5.41) is 3.10. The first kappa shape index (κ1) is 25.8. The highest BCUT2D eigenvalue weighted by molar-refractivity contribution is 5.74. The van der Waals surface area contributed by atoms with E-state index < -0.39 is 0 Å². The van der Waals surface area contributed by atoms with Crippen molar-refractivity contribution in [1.29, 1.82) is 0 Å². The Bertz CT molecular complexity index is 1010. The molecule has 5 nitrogen and oxygen atoms in total. The molecule has 3 aromatic rings. The van der Waals surface area contributed by atoms with Gasteiger partial charge in [-0.25, -0.2) is 4.79 Å². The van der Waals surface area contributed by atoms with Crippen LogP contribution in [-0.4, -0.2) is 55.2 Å². The van der Waals surface area contributed by atoms with E-state index in [-0.39, 0.29) is 6.03 Å². The smallest absolute Gasteiger partial charge is 0.317 e. The van der Waals surface area contributed by atoms with Crippen molar-refractivity contribution in [3.8, 4) is 5.75 Å². The lowest BCUT2D eigenvalue weighted by molar-refractivity contribution is 0.122. The molecule has 4 rings (SSSR count). The number of amides is 2. The number of benzene rings is 3. The highest BCUT2D eigenvalue weighted by atomic mass is 16.5. The zero-order valence-corrected chi connectivity index (χ0v) is 21.6. The molecule has 2 amide bonds. The molecule has 0 saturated carbocycles. The standard InChI is InChI=1S/C31H39N3O2/c1-3-34(31(35)32-24-25-14-16-29(36-2)17-15-25)28-18-21-33(22-19-28)23-20-30(26-10-6-4-7-11-26)27-12-8-5-9-13-27/h4-17,28,30H,3,18-24H2,1-2H3,(H,32,35). The topological polar surface area (TPSA) is 44.8 Å². The van der Waals surface area contributed by atoms with Gasteiger partial charge in [0.2, 0.25) is 0 Å². The third-order valence-corrected chi connectivity index (χ3v) is 7.34. The van der Waals surface area contributed by atoms with Crippen LogP contribution in [0.4, 0.5) is 4.79 Å². The number of urea groups is 1. The number of piperidine rings is 1. The summed E-state index contributed by atoms with van der Waals surface area (Å²) < 4.78 is 5.21. The van der Waals surface area contributed by atoms with Crippen LogP contribution in [0.1, 0.15) is 48.8 Å². The number of carbonyl (C=O) groups excluding carboxylic acids is 1. The van der Waals surface area contributed by atoms with E-state index in [1.54, 1.807) is 7.11 Å². The minimum absolute atomic E-state index is 0.0278. The summed E-state index contributed by atoms with van der Waals surface area (Å²) in [5.41, 5.74) is 3.83. The normalized spacial score (nSPS) is 14.5. The predicted molar refractivity (Wildman–Crippen MR) is 146 cm³/mol. The van der Waals surface area contributed by atoms with Crippen LogP contribution < -0.4 is 10.1 Å². The van der Waals surface area contributed by atoms with E-state index >= 15 is 0 Å². The maximum atomic E-state index is 13.0. The highest BCUT2D eigenvalue weighted by Gasteiger charge is 2.27. The number of hydrogen-bond acceptors (Lipinski definition) is 3. The fourth-order valence-electron chi connectivity index (χ4n) is 5.25. The Morgan fingerprint density at radius 2 is 1.53 bits per heavy atom. The molecular weight excluding hydrogens is 446 g/mol. The van der Waals surface area contributed by atoms with Crippen LogP contribution in [0.3, 0.4) is 0 Å². The minimum atomic E-state index is 0.0278. The molecule has 0 atom stereocenters. The first-order chi connectivity index (χ1) is 17.7. The van der Waals surface area contributed by atoms with E-state index in [9.17, 15) is 4.79 Å². The lowest BCUT2D eigenvalue weighted by Gasteiger charge is -2.38. The number of hydrogen-bond donors (Lipinski definition) is 1.